The van der Waals surface area contributed by atoms with Crippen LogP contribution in [0.4, 0.5) is 4.39 Å². The van der Waals surface area contributed by atoms with Crippen molar-refractivity contribution in [3.63, 3.8) is 0 Å². The molecule has 0 unspecified atom stereocenters. The maximum atomic E-state index is 13.9. The summed E-state index contributed by atoms with van der Waals surface area (Å²) in [5.41, 5.74) is 1.07. The molecule has 38 heavy (non-hydrogen) atoms. The van der Waals surface area contributed by atoms with Crippen molar-refractivity contribution >= 4 is 20.0 Å². The third kappa shape index (κ3) is 5.62. The van der Waals surface area contributed by atoms with Crippen LogP contribution in [0.5, 0.6) is 5.75 Å². The fourth-order valence-electron chi connectivity index (χ4n) is 4.42. The maximum Gasteiger partial charge on any atom is 0.247 e. The van der Waals surface area contributed by atoms with E-state index in [-0.39, 0.29) is 28.6 Å². The Kier molecular flexibility index (Phi) is 8.24. The highest BCUT2D eigenvalue weighted by Gasteiger charge is 2.39. The highest BCUT2D eigenvalue weighted by molar-refractivity contribution is 7.89. The highest BCUT2D eigenvalue weighted by Crippen LogP contribution is 2.37. The molecule has 0 saturated carbocycles. The summed E-state index contributed by atoms with van der Waals surface area (Å²) in [4.78, 5) is 0.0244. The normalized spacial score (nSPS) is 20.7. The van der Waals surface area contributed by atoms with Crippen molar-refractivity contribution in [2.75, 3.05) is 26.7 Å². The summed E-state index contributed by atoms with van der Waals surface area (Å²) in [7, 11) is -6.46. The molecule has 0 aromatic heterocycles. The molecule has 1 aliphatic heterocycles. The largest absolute Gasteiger partial charge is 0.487 e. The smallest absolute Gasteiger partial charge is 0.247 e. The molecule has 204 valence electrons. The minimum Gasteiger partial charge on any atom is -0.487 e. The van der Waals surface area contributed by atoms with Gasteiger partial charge < -0.3 is 9.84 Å². The standard InChI is InChI=1S/C27H31FN2O6S2/c1-19-16-30(20(2)18-31)38(34,35)27-13-12-22(21-8-7-9-23(28)14-21)15-25(27)36-26(19)17-29(3)37(32,33)24-10-5-4-6-11-24/h4-15,19-20,26,31H,16-18H2,1-3H3/t19-,20-,26+/m0/s1. The van der Waals surface area contributed by atoms with Crippen LogP contribution in [0.15, 0.2) is 82.6 Å². The number of rotatable bonds is 7. The second kappa shape index (κ2) is 11.1. The Morgan fingerprint density at radius 1 is 1.08 bits per heavy atom. The molecule has 3 atom stereocenters. The number of aliphatic hydroxyl groups is 1. The van der Waals surface area contributed by atoms with Crippen LogP contribution < -0.4 is 4.74 Å². The molecule has 0 aliphatic carbocycles. The van der Waals surface area contributed by atoms with Gasteiger partial charge in [-0.25, -0.2) is 21.2 Å². The average Bonchev–Trinajstić information content (AvgIpc) is 2.90. The molecule has 1 N–H and O–H groups in total. The Bertz CT molecular complexity index is 1500. The van der Waals surface area contributed by atoms with Crippen LogP contribution in [0.1, 0.15) is 13.8 Å². The van der Waals surface area contributed by atoms with Crippen LogP contribution in [0, 0.1) is 11.7 Å². The van der Waals surface area contributed by atoms with Crippen LogP contribution in [0.2, 0.25) is 0 Å². The summed E-state index contributed by atoms with van der Waals surface area (Å²) in [5, 5.41) is 9.82. The van der Waals surface area contributed by atoms with Gasteiger partial charge in [0.15, 0.2) is 0 Å². The quantitative estimate of drug-likeness (QED) is 0.472. The van der Waals surface area contributed by atoms with E-state index in [2.05, 4.69) is 0 Å². The van der Waals surface area contributed by atoms with Crippen molar-refractivity contribution in [3.05, 3.63) is 78.6 Å². The first-order valence-corrected chi connectivity index (χ1v) is 15.0. The molecule has 1 aliphatic rings. The van der Waals surface area contributed by atoms with Gasteiger partial charge in [0.05, 0.1) is 18.0 Å². The molecule has 0 spiro atoms. The number of sulfonamides is 2. The van der Waals surface area contributed by atoms with E-state index in [0.717, 1.165) is 0 Å². The van der Waals surface area contributed by atoms with E-state index in [1.807, 2.05) is 0 Å². The first-order valence-electron chi connectivity index (χ1n) is 12.2. The van der Waals surface area contributed by atoms with E-state index in [4.69, 9.17) is 4.74 Å². The number of likely N-dealkylation sites (N-methyl/N-ethyl adjacent to an activating group) is 1. The average molecular weight is 563 g/mol. The number of hydrogen-bond acceptors (Lipinski definition) is 6. The van der Waals surface area contributed by atoms with E-state index < -0.39 is 50.5 Å². The van der Waals surface area contributed by atoms with Crippen molar-refractivity contribution in [3.8, 4) is 16.9 Å². The molecule has 11 heteroatoms. The summed E-state index contributed by atoms with van der Waals surface area (Å²) in [5.74, 6) is -0.855. The zero-order valence-electron chi connectivity index (χ0n) is 21.4. The number of fused-ring (bicyclic) bond motifs is 1. The first-order chi connectivity index (χ1) is 17.9. The van der Waals surface area contributed by atoms with Gasteiger partial charge in [0, 0.05) is 25.6 Å². The predicted octanol–water partition coefficient (Wildman–Crippen LogP) is 3.58. The monoisotopic (exact) mass is 562 g/mol. The Morgan fingerprint density at radius 2 is 1.76 bits per heavy atom. The van der Waals surface area contributed by atoms with Gasteiger partial charge in [-0.3, -0.25) is 0 Å². The minimum absolute atomic E-state index is 0.0129. The van der Waals surface area contributed by atoms with Crippen molar-refractivity contribution in [1.29, 1.82) is 0 Å². The highest BCUT2D eigenvalue weighted by atomic mass is 32.2. The zero-order valence-corrected chi connectivity index (χ0v) is 23.0. The number of hydrogen-bond donors (Lipinski definition) is 1. The van der Waals surface area contributed by atoms with Crippen molar-refractivity contribution in [2.24, 2.45) is 5.92 Å². The van der Waals surface area contributed by atoms with Gasteiger partial charge >= 0.3 is 0 Å². The summed E-state index contributed by atoms with van der Waals surface area (Å²) in [6.07, 6.45) is -0.733. The predicted molar refractivity (Wildman–Crippen MR) is 142 cm³/mol. The lowest BCUT2D eigenvalue weighted by molar-refractivity contribution is 0.0905. The second-order valence-electron chi connectivity index (χ2n) is 9.51. The number of ether oxygens (including phenoxy) is 1. The van der Waals surface area contributed by atoms with Crippen LogP contribution >= 0.6 is 0 Å². The Morgan fingerprint density at radius 3 is 2.42 bits per heavy atom. The number of benzene rings is 3. The number of halogens is 1. The number of nitrogens with zero attached hydrogens (tertiary/aromatic N) is 2. The summed E-state index contributed by atoms with van der Waals surface area (Å²) >= 11 is 0. The molecule has 0 saturated heterocycles. The van der Waals surface area contributed by atoms with E-state index in [1.54, 1.807) is 50.2 Å². The number of aliphatic hydroxyl groups excluding tert-OH is 1. The van der Waals surface area contributed by atoms with Gasteiger partial charge in [-0.1, -0.05) is 43.3 Å². The Balaban J connectivity index is 1.78. The summed E-state index contributed by atoms with van der Waals surface area (Å²) < 4.78 is 76.3. The molecule has 8 nitrogen and oxygen atoms in total. The van der Waals surface area contributed by atoms with Crippen molar-refractivity contribution in [1.82, 2.24) is 8.61 Å². The van der Waals surface area contributed by atoms with Gasteiger partial charge in [0.25, 0.3) is 0 Å². The Labute approximate surface area is 223 Å². The molecular weight excluding hydrogens is 531 g/mol. The molecule has 0 amide bonds. The van der Waals surface area contributed by atoms with Crippen LogP contribution in [0.3, 0.4) is 0 Å². The van der Waals surface area contributed by atoms with Gasteiger partial charge in [0.1, 0.15) is 22.6 Å². The molecule has 1 heterocycles. The first kappa shape index (κ1) is 28.2. The van der Waals surface area contributed by atoms with Crippen LogP contribution in [0.25, 0.3) is 11.1 Å². The third-order valence-corrected chi connectivity index (χ3v) is 10.6. The van der Waals surface area contributed by atoms with Crippen molar-refractivity contribution in [2.45, 2.75) is 35.8 Å². The fraction of sp³-hybridized carbons (Fsp3) is 0.333. The molecule has 0 fully saturated rings. The summed E-state index contributed by atoms with van der Waals surface area (Å²) in [6.45, 7) is 2.95. The minimum atomic E-state index is -4.07. The SMILES string of the molecule is C[C@H]1CN([C@@H](C)CO)S(=O)(=O)c2ccc(-c3cccc(F)c3)cc2O[C@@H]1CN(C)S(=O)(=O)c1ccccc1. The van der Waals surface area contributed by atoms with Crippen molar-refractivity contribution < 1.29 is 31.1 Å². The lowest BCUT2D eigenvalue weighted by atomic mass is 10.0. The van der Waals surface area contributed by atoms with E-state index in [1.165, 1.54) is 52.1 Å². The Hall–Kier alpha value is -2.83. The van der Waals surface area contributed by atoms with Crippen LogP contribution in [-0.2, 0) is 20.0 Å². The third-order valence-electron chi connectivity index (χ3n) is 6.71. The lowest BCUT2D eigenvalue weighted by Gasteiger charge is -2.37. The van der Waals surface area contributed by atoms with Crippen LogP contribution in [-0.4, -0.2) is 69.4 Å². The van der Waals surface area contributed by atoms with Gasteiger partial charge in [-0.05, 0) is 54.4 Å². The second-order valence-corrected chi connectivity index (χ2v) is 13.4. The topological polar surface area (TPSA) is 104 Å². The summed E-state index contributed by atoms with van der Waals surface area (Å²) in [6, 6.07) is 17.7. The maximum absolute atomic E-state index is 13.9. The fourth-order valence-corrected chi connectivity index (χ4v) is 7.44. The zero-order chi connectivity index (χ0) is 27.7. The van der Waals surface area contributed by atoms with Gasteiger partial charge in [0.2, 0.25) is 20.0 Å². The van der Waals surface area contributed by atoms with E-state index >= 15 is 0 Å². The molecule has 0 radical (unpaired) electrons. The molecule has 0 bridgehead atoms. The van der Waals surface area contributed by atoms with E-state index in [9.17, 15) is 26.3 Å². The van der Waals surface area contributed by atoms with Gasteiger partial charge in [-0.15, -0.1) is 0 Å². The molecule has 4 rings (SSSR count). The van der Waals surface area contributed by atoms with Gasteiger partial charge in [-0.2, -0.15) is 8.61 Å². The molecule has 3 aromatic rings. The lowest BCUT2D eigenvalue weighted by Crippen LogP contribution is -2.50. The molecule has 3 aromatic carbocycles. The van der Waals surface area contributed by atoms with E-state index in [0.29, 0.717) is 11.1 Å². The molecular formula is C27H31FN2O6S2.